The Bertz CT molecular complexity index is 904. The van der Waals surface area contributed by atoms with Gasteiger partial charge in [0.15, 0.2) is 5.58 Å². The molecule has 0 radical (unpaired) electrons. The lowest BCUT2D eigenvalue weighted by Gasteiger charge is -2.04. The first-order valence-corrected chi connectivity index (χ1v) is 6.79. The van der Waals surface area contributed by atoms with Crippen LogP contribution < -0.4 is 5.43 Å². The van der Waals surface area contributed by atoms with Crippen LogP contribution in [0.25, 0.3) is 22.1 Å². The van der Waals surface area contributed by atoms with Crippen molar-refractivity contribution in [3.63, 3.8) is 0 Å². The van der Waals surface area contributed by atoms with Gasteiger partial charge in [0.2, 0.25) is 11.1 Å². The monoisotopic (exact) mass is 334 g/mol. The Morgan fingerprint density at radius 2 is 2.15 bits per heavy atom. The van der Waals surface area contributed by atoms with Crippen LogP contribution in [0.3, 0.4) is 0 Å². The molecule has 3 aromatic rings. The van der Waals surface area contributed by atoms with Crippen LogP contribution in [0.1, 0.15) is 5.56 Å². The number of nitro benzene ring substituents is 1. The maximum Gasteiger partial charge on any atom is 0.284 e. The third kappa shape index (κ3) is 1.78. The number of aromatic nitrogens is 1. The number of nitrogens with zero attached hydrogens (tertiary/aromatic N) is 2. The molecule has 6 nitrogen and oxygen atoms in total. The van der Waals surface area contributed by atoms with E-state index in [1.165, 1.54) is 18.3 Å². The zero-order chi connectivity index (χ0) is 14.3. The molecule has 20 heavy (non-hydrogen) atoms. The molecule has 2 heterocycles. The molecule has 2 aromatic heterocycles. The summed E-state index contributed by atoms with van der Waals surface area (Å²) in [5.41, 5.74) is 0.336. The van der Waals surface area contributed by atoms with Gasteiger partial charge in [-0.25, -0.2) is 4.98 Å². The van der Waals surface area contributed by atoms with Gasteiger partial charge in [0.1, 0.15) is 5.39 Å². The van der Waals surface area contributed by atoms with Gasteiger partial charge in [0.25, 0.3) is 5.69 Å². The first-order chi connectivity index (χ1) is 9.63. The molecule has 0 bridgehead atoms. The van der Waals surface area contributed by atoms with Crippen molar-refractivity contribution in [2.75, 3.05) is 0 Å². The minimum Gasteiger partial charge on any atom is -0.437 e. The Balaban J connectivity index is 2.62. The number of rotatable bonds is 2. The molecule has 0 spiro atoms. The maximum atomic E-state index is 12.5. The van der Waals surface area contributed by atoms with E-state index >= 15 is 0 Å². The molecule has 0 atom stereocenters. The van der Waals surface area contributed by atoms with Gasteiger partial charge >= 0.3 is 0 Å². The van der Waals surface area contributed by atoms with Gasteiger partial charge < -0.3 is 4.42 Å². The van der Waals surface area contributed by atoms with Gasteiger partial charge in [-0.3, -0.25) is 14.9 Å². The first-order valence-electron chi connectivity index (χ1n) is 5.67. The van der Waals surface area contributed by atoms with Crippen LogP contribution in [0.4, 0.5) is 5.69 Å². The highest BCUT2D eigenvalue weighted by molar-refractivity contribution is 9.08. The van der Waals surface area contributed by atoms with Crippen LogP contribution in [-0.4, -0.2) is 9.91 Å². The molecule has 0 N–H and O–H groups in total. The lowest BCUT2D eigenvalue weighted by molar-refractivity contribution is -0.383. The topological polar surface area (TPSA) is 86.2 Å². The van der Waals surface area contributed by atoms with E-state index in [1.54, 1.807) is 12.1 Å². The standard InChI is InChI=1S/C13H7BrN2O4/c14-6-7-3-4-9(16(18)19)10-11(17)8-2-1-5-15-13(8)20-12(7)10/h1-5H,6H2. The zero-order valence-electron chi connectivity index (χ0n) is 10.00. The second-order valence-corrected chi connectivity index (χ2v) is 4.69. The van der Waals surface area contributed by atoms with Gasteiger partial charge in [0.05, 0.1) is 10.3 Å². The summed E-state index contributed by atoms with van der Waals surface area (Å²) in [5.74, 6) is 0. The minimum absolute atomic E-state index is 0.0209. The molecule has 0 fully saturated rings. The van der Waals surface area contributed by atoms with Gasteiger partial charge in [-0.05, 0) is 18.2 Å². The highest BCUT2D eigenvalue weighted by Gasteiger charge is 2.21. The van der Waals surface area contributed by atoms with E-state index in [0.717, 1.165) is 0 Å². The van der Waals surface area contributed by atoms with Crippen molar-refractivity contribution in [3.8, 4) is 0 Å². The number of halogens is 1. The summed E-state index contributed by atoms with van der Waals surface area (Å²) < 4.78 is 5.59. The van der Waals surface area contributed by atoms with Crippen LogP contribution >= 0.6 is 15.9 Å². The first kappa shape index (κ1) is 12.7. The number of hydrogen-bond acceptors (Lipinski definition) is 5. The SMILES string of the molecule is O=c1c2cccnc2oc2c(CBr)ccc([N+](=O)[O-])c12. The van der Waals surface area contributed by atoms with E-state index in [0.29, 0.717) is 10.9 Å². The largest absolute Gasteiger partial charge is 0.437 e. The quantitative estimate of drug-likeness (QED) is 0.311. The highest BCUT2D eigenvalue weighted by Crippen LogP contribution is 2.29. The van der Waals surface area contributed by atoms with Crippen LogP contribution in [0.2, 0.25) is 0 Å². The fourth-order valence-corrected chi connectivity index (χ4v) is 2.53. The molecule has 0 amide bonds. The Hall–Kier alpha value is -2.28. The third-order valence-electron chi connectivity index (χ3n) is 3.00. The van der Waals surface area contributed by atoms with Gasteiger partial charge in [-0.2, -0.15) is 0 Å². The molecule has 3 rings (SSSR count). The van der Waals surface area contributed by atoms with Crippen LogP contribution in [0.5, 0.6) is 0 Å². The number of nitro groups is 1. The van der Waals surface area contributed by atoms with Crippen LogP contribution in [0, 0.1) is 10.1 Å². The fourth-order valence-electron chi connectivity index (χ4n) is 2.09. The molecule has 7 heteroatoms. The fraction of sp³-hybridized carbons (Fsp3) is 0.0769. The van der Waals surface area contributed by atoms with Gasteiger partial charge in [-0.15, -0.1) is 0 Å². The van der Waals surface area contributed by atoms with Crippen molar-refractivity contribution in [2.45, 2.75) is 5.33 Å². The molecule has 0 saturated carbocycles. The summed E-state index contributed by atoms with van der Waals surface area (Å²) in [6, 6.07) is 6.01. The van der Waals surface area contributed by atoms with E-state index in [-0.39, 0.29) is 27.8 Å². The molecule has 100 valence electrons. The number of fused-ring (bicyclic) bond motifs is 2. The van der Waals surface area contributed by atoms with Crippen molar-refractivity contribution >= 4 is 43.7 Å². The molecule has 0 aliphatic rings. The normalized spacial score (nSPS) is 11.1. The van der Waals surface area contributed by atoms with Crippen molar-refractivity contribution in [2.24, 2.45) is 0 Å². The molecule has 0 aliphatic carbocycles. The molecule has 0 unspecified atom stereocenters. The van der Waals surface area contributed by atoms with Crippen molar-refractivity contribution in [1.29, 1.82) is 0 Å². The second kappa shape index (κ2) is 4.68. The average molecular weight is 335 g/mol. The van der Waals surface area contributed by atoms with Gasteiger partial charge in [0, 0.05) is 23.2 Å². The van der Waals surface area contributed by atoms with Crippen molar-refractivity contribution < 1.29 is 9.34 Å². The molecule has 0 saturated heterocycles. The maximum absolute atomic E-state index is 12.5. The smallest absolute Gasteiger partial charge is 0.284 e. The van der Waals surface area contributed by atoms with E-state index in [2.05, 4.69) is 20.9 Å². The van der Waals surface area contributed by atoms with E-state index in [9.17, 15) is 14.9 Å². The Morgan fingerprint density at radius 1 is 1.35 bits per heavy atom. The third-order valence-corrected chi connectivity index (χ3v) is 3.60. The van der Waals surface area contributed by atoms with E-state index < -0.39 is 10.4 Å². The second-order valence-electron chi connectivity index (χ2n) is 4.13. The lowest BCUT2D eigenvalue weighted by Crippen LogP contribution is -2.07. The van der Waals surface area contributed by atoms with Crippen LogP contribution in [-0.2, 0) is 5.33 Å². The highest BCUT2D eigenvalue weighted by atomic mass is 79.9. The molecular weight excluding hydrogens is 328 g/mol. The van der Waals surface area contributed by atoms with E-state index in [1.807, 2.05) is 0 Å². The summed E-state index contributed by atoms with van der Waals surface area (Å²) in [7, 11) is 0. The minimum atomic E-state index is -0.584. The number of non-ortho nitro benzene ring substituents is 1. The van der Waals surface area contributed by atoms with Crippen molar-refractivity contribution in [3.05, 3.63) is 56.4 Å². The lowest BCUT2D eigenvalue weighted by atomic mass is 10.1. The summed E-state index contributed by atoms with van der Waals surface area (Å²) in [6.07, 6.45) is 1.50. The molecular formula is C13H7BrN2O4. The Morgan fingerprint density at radius 3 is 2.85 bits per heavy atom. The summed E-state index contributed by atoms with van der Waals surface area (Å²) >= 11 is 3.28. The Labute approximate surface area is 120 Å². The molecule has 1 aromatic carbocycles. The predicted octanol–water partition coefficient (Wildman–Crippen LogP) is 3.14. The number of pyridine rings is 1. The zero-order valence-corrected chi connectivity index (χ0v) is 11.6. The number of benzene rings is 1. The summed E-state index contributed by atoms with van der Waals surface area (Å²) in [4.78, 5) is 27.0. The van der Waals surface area contributed by atoms with Crippen molar-refractivity contribution in [1.82, 2.24) is 4.98 Å². The Kier molecular flexibility index (Phi) is 2.98. The molecule has 0 aliphatic heterocycles. The van der Waals surface area contributed by atoms with Gasteiger partial charge in [-0.1, -0.05) is 15.9 Å². The van der Waals surface area contributed by atoms with E-state index in [4.69, 9.17) is 4.42 Å². The number of hydrogen-bond donors (Lipinski definition) is 0. The van der Waals surface area contributed by atoms with Crippen LogP contribution in [0.15, 0.2) is 39.7 Å². The summed E-state index contributed by atoms with van der Waals surface area (Å²) in [5, 5.41) is 11.7. The average Bonchev–Trinajstić information content (AvgIpc) is 2.46. The summed E-state index contributed by atoms with van der Waals surface area (Å²) in [6.45, 7) is 0. The predicted molar refractivity (Wildman–Crippen MR) is 77.1 cm³/mol. The number of alkyl halides is 1.